The van der Waals surface area contributed by atoms with E-state index in [1.807, 2.05) is 0 Å². The van der Waals surface area contributed by atoms with Gasteiger partial charge in [-0.15, -0.1) is 0 Å². The van der Waals surface area contributed by atoms with Crippen LogP contribution in [0.25, 0.3) is 0 Å². The third kappa shape index (κ3) is 2.86. The van der Waals surface area contributed by atoms with Crippen molar-refractivity contribution < 1.29 is 5.11 Å². The first-order valence-electron chi connectivity index (χ1n) is 4.67. The van der Waals surface area contributed by atoms with Crippen LogP contribution in [0.4, 0.5) is 0 Å². The van der Waals surface area contributed by atoms with Gasteiger partial charge in [0.2, 0.25) is 0 Å². The summed E-state index contributed by atoms with van der Waals surface area (Å²) in [6.45, 7) is 5.73. The molecule has 0 saturated heterocycles. The minimum absolute atomic E-state index is 0.121. The fraction of sp³-hybridized carbons (Fsp3) is 0.800. The smallest absolute Gasteiger partial charge is 0.102 e. The number of hydrogen-bond acceptors (Lipinski definition) is 2. The van der Waals surface area contributed by atoms with Gasteiger partial charge in [-0.25, -0.2) is 0 Å². The average molecular weight is 169 g/mol. The predicted octanol–water partition coefficient (Wildman–Crippen LogP) is 2.36. The van der Waals surface area contributed by atoms with Gasteiger partial charge < -0.3 is 10.8 Å². The lowest BCUT2D eigenvalue weighted by molar-refractivity contribution is 0.351. The lowest BCUT2D eigenvalue weighted by Gasteiger charge is -2.11. The van der Waals surface area contributed by atoms with E-state index in [0.717, 1.165) is 12.8 Å². The zero-order chi connectivity index (χ0) is 9.19. The number of aliphatic hydroxyl groups is 1. The molecule has 1 unspecified atom stereocenters. The summed E-state index contributed by atoms with van der Waals surface area (Å²) in [4.78, 5) is 0. The molecule has 3 N–H and O–H groups in total. The van der Waals surface area contributed by atoms with Gasteiger partial charge in [0.05, 0.1) is 6.04 Å². The molecule has 0 spiro atoms. The summed E-state index contributed by atoms with van der Waals surface area (Å²) in [7, 11) is 0. The SMILES string of the molecule is C=C(O)C(N)CCCC1(C)CC1. The molecule has 0 aromatic carbocycles. The molecule has 1 rings (SSSR count). The Morgan fingerprint density at radius 1 is 1.67 bits per heavy atom. The summed E-state index contributed by atoms with van der Waals surface area (Å²) >= 11 is 0. The number of nitrogens with two attached hydrogens (primary N) is 1. The maximum absolute atomic E-state index is 8.95. The second kappa shape index (κ2) is 3.48. The van der Waals surface area contributed by atoms with Crippen molar-refractivity contribution in [1.82, 2.24) is 0 Å². The third-order valence-corrected chi connectivity index (χ3v) is 2.83. The molecule has 0 amide bonds. The summed E-state index contributed by atoms with van der Waals surface area (Å²) in [5, 5.41) is 8.95. The van der Waals surface area contributed by atoms with Gasteiger partial charge in [0.25, 0.3) is 0 Å². The first-order chi connectivity index (χ1) is 5.53. The normalized spacial score (nSPS) is 21.8. The Morgan fingerprint density at radius 2 is 2.25 bits per heavy atom. The van der Waals surface area contributed by atoms with E-state index < -0.39 is 0 Å². The Kier molecular flexibility index (Phi) is 2.78. The van der Waals surface area contributed by atoms with Crippen LogP contribution in [0.15, 0.2) is 12.3 Å². The maximum Gasteiger partial charge on any atom is 0.102 e. The van der Waals surface area contributed by atoms with Crippen LogP contribution in [0, 0.1) is 5.41 Å². The molecule has 2 nitrogen and oxygen atoms in total. The second-order valence-electron chi connectivity index (χ2n) is 4.30. The number of rotatable bonds is 5. The van der Waals surface area contributed by atoms with Crippen LogP contribution < -0.4 is 5.73 Å². The highest BCUT2D eigenvalue weighted by molar-refractivity contribution is 4.93. The summed E-state index contributed by atoms with van der Waals surface area (Å²) in [5.41, 5.74) is 6.22. The Bertz CT molecular complexity index is 173. The van der Waals surface area contributed by atoms with Gasteiger partial charge in [-0.05, 0) is 31.1 Å². The third-order valence-electron chi connectivity index (χ3n) is 2.83. The van der Waals surface area contributed by atoms with Crippen molar-refractivity contribution in [2.75, 3.05) is 0 Å². The molecule has 70 valence electrons. The topological polar surface area (TPSA) is 46.2 Å². The Morgan fingerprint density at radius 3 is 2.67 bits per heavy atom. The van der Waals surface area contributed by atoms with Gasteiger partial charge in [0.1, 0.15) is 5.76 Å². The van der Waals surface area contributed by atoms with Gasteiger partial charge >= 0.3 is 0 Å². The standard InChI is InChI=1S/C10H19NO/c1-8(12)9(11)4-3-5-10(2)6-7-10/h9,12H,1,3-7,11H2,2H3. The highest BCUT2D eigenvalue weighted by atomic mass is 16.3. The van der Waals surface area contributed by atoms with E-state index >= 15 is 0 Å². The van der Waals surface area contributed by atoms with Crippen molar-refractivity contribution in [3.8, 4) is 0 Å². The molecule has 1 atom stereocenters. The van der Waals surface area contributed by atoms with Crippen molar-refractivity contribution >= 4 is 0 Å². The first-order valence-corrected chi connectivity index (χ1v) is 4.67. The first kappa shape index (κ1) is 9.59. The molecule has 0 aliphatic heterocycles. The molecule has 1 aliphatic carbocycles. The fourth-order valence-corrected chi connectivity index (χ4v) is 1.38. The molecular weight excluding hydrogens is 150 g/mol. The van der Waals surface area contributed by atoms with E-state index in [-0.39, 0.29) is 11.8 Å². The van der Waals surface area contributed by atoms with Crippen molar-refractivity contribution in [3.05, 3.63) is 12.3 Å². The van der Waals surface area contributed by atoms with Gasteiger partial charge in [0, 0.05) is 0 Å². The van der Waals surface area contributed by atoms with Crippen LogP contribution in [0.5, 0.6) is 0 Å². The van der Waals surface area contributed by atoms with E-state index in [1.54, 1.807) is 0 Å². The molecule has 0 aromatic heterocycles. The minimum atomic E-state index is -0.215. The van der Waals surface area contributed by atoms with E-state index in [9.17, 15) is 0 Å². The van der Waals surface area contributed by atoms with E-state index in [1.165, 1.54) is 19.3 Å². The summed E-state index contributed by atoms with van der Waals surface area (Å²) in [6, 6.07) is -0.215. The van der Waals surface area contributed by atoms with Crippen molar-refractivity contribution in [2.24, 2.45) is 11.1 Å². The molecule has 0 radical (unpaired) electrons. The van der Waals surface area contributed by atoms with Crippen LogP contribution >= 0.6 is 0 Å². The maximum atomic E-state index is 8.95. The Labute approximate surface area is 74.5 Å². The molecule has 1 saturated carbocycles. The van der Waals surface area contributed by atoms with Crippen LogP contribution in [0.3, 0.4) is 0 Å². The largest absolute Gasteiger partial charge is 0.511 e. The van der Waals surface area contributed by atoms with Gasteiger partial charge in [0.15, 0.2) is 0 Å². The highest BCUT2D eigenvalue weighted by Crippen LogP contribution is 2.49. The van der Waals surface area contributed by atoms with Crippen LogP contribution in [-0.4, -0.2) is 11.1 Å². The average Bonchev–Trinajstić information content (AvgIpc) is 2.68. The predicted molar refractivity (Wildman–Crippen MR) is 50.9 cm³/mol. The fourth-order valence-electron chi connectivity index (χ4n) is 1.38. The van der Waals surface area contributed by atoms with Crippen LogP contribution in [0.1, 0.15) is 39.0 Å². The zero-order valence-electron chi connectivity index (χ0n) is 7.84. The summed E-state index contributed by atoms with van der Waals surface area (Å²) in [6.07, 6.45) is 5.95. The molecule has 0 bridgehead atoms. The van der Waals surface area contributed by atoms with Crippen molar-refractivity contribution in [3.63, 3.8) is 0 Å². The Balaban J connectivity index is 2.05. The van der Waals surface area contributed by atoms with Crippen LogP contribution in [-0.2, 0) is 0 Å². The van der Waals surface area contributed by atoms with Gasteiger partial charge in [-0.3, -0.25) is 0 Å². The summed E-state index contributed by atoms with van der Waals surface area (Å²) in [5.74, 6) is 0.121. The van der Waals surface area contributed by atoms with Crippen molar-refractivity contribution in [2.45, 2.75) is 45.1 Å². The second-order valence-corrected chi connectivity index (χ2v) is 4.30. The number of hydrogen-bond donors (Lipinski definition) is 2. The monoisotopic (exact) mass is 169 g/mol. The molecule has 12 heavy (non-hydrogen) atoms. The van der Waals surface area contributed by atoms with Crippen LogP contribution in [0.2, 0.25) is 0 Å². The zero-order valence-corrected chi connectivity index (χ0v) is 7.84. The summed E-state index contributed by atoms with van der Waals surface area (Å²) < 4.78 is 0. The molecular formula is C10H19NO. The Hall–Kier alpha value is -0.500. The minimum Gasteiger partial charge on any atom is -0.511 e. The molecule has 0 aromatic rings. The molecule has 1 fully saturated rings. The lowest BCUT2D eigenvalue weighted by Crippen LogP contribution is -2.21. The van der Waals surface area contributed by atoms with E-state index in [2.05, 4.69) is 13.5 Å². The highest BCUT2D eigenvalue weighted by Gasteiger charge is 2.36. The van der Waals surface area contributed by atoms with E-state index in [0.29, 0.717) is 5.41 Å². The molecule has 2 heteroatoms. The van der Waals surface area contributed by atoms with Gasteiger partial charge in [-0.1, -0.05) is 19.9 Å². The quantitative estimate of drug-likeness (QED) is 0.620. The molecule has 0 heterocycles. The lowest BCUT2D eigenvalue weighted by atomic mass is 9.99. The number of aliphatic hydroxyl groups excluding tert-OH is 1. The van der Waals surface area contributed by atoms with Crippen molar-refractivity contribution in [1.29, 1.82) is 0 Å². The molecule has 1 aliphatic rings. The van der Waals surface area contributed by atoms with E-state index in [4.69, 9.17) is 10.8 Å². The van der Waals surface area contributed by atoms with Gasteiger partial charge in [-0.2, -0.15) is 0 Å².